The van der Waals surface area contributed by atoms with E-state index in [1.807, 2.05) is 0 Å². The summed E-state index contributed by atoms with van der Waals surface area (Å²) in [5, 5.41) is 2.76. The quantitative estimate of drug-likeness (QED) is 0.622. The standard InChI is InChI=1S/C19H22ClN3O5S/c1-3-23(12-18(24)22-14-7-5-13(6-8-14)19(21)25)29(26,27)15-9-10-17(28-4-2)16(20)11-15/h5-11H,3-4,12H2,1-2H3,(H2,21,25)(H,22,24). The number of hydrogen-bond donors (Lipinski definition) is 2. The fraction of sp³-hybridized carbons (Fsp3) is 0.263. The maximum atomic E-state index is 12.9. The van der Waals surface area contributed by atoms with Crippen LogP contribution in [0.3, 0.4) is 0 Å². The third-order valence-electron chi connectivity index (χ3n) is 3.97. The van der Waals surface area contributed by atoms with Gasteiger partial charge in [-0.3, -0.25) is 9.59 Å². The highest BCUT2D eigenvalue weighted by Crippen LogP contribution is 2.28. The minimum atomic E-state index is -3.94. The van der Waals surface area contributed by atoms with Gasteiger partial charge in [-0.25, -0.2) is 8.42 Å². The van der Waals surface area contributed by atoms with Gasteiger partial charge in [-0.15, -0.1) is 0 Å². The molecule has 3 N–H and O–H groups in total. The van der Waals surface area contributed by atoms with Crippen LogP contribution in [0, 0.1) is 0 Å². The molecule has 0 aromatic heterocycles. The fourth-order valence-corrected chi connectivity index (χ4v) is 4.24. The Hall–Kier alpha value is -2.62. The van der Waals surface area contributed by atoms with Crippen molar-refractivity contribution >= 4 is 39.1 Å². The van der Waals surface area contributed by atoms with Gasteiger partial charge < -0.3 is 15.8 Å². The molecule has 8 nitrogen and oxygen atoms in total. The van der Waals surface area contributed by atoms with Crippen molar-refractivity contribution in [2.24, 2.45) is 5.73 Å². The summed E-state index contributed by atoms with van der Waals surface area (Å²) >= 11 is 6.09. The number of benzene rings is 2. The van der Waals surface area contributed by atoms with Crippen LogP contribution in [-0.2, 0) is 14.8 Å². The average molecular weight is 440 g/mol. The highest BCUT2D eigenvalue weighted by atomic mass is 35.5. The predicted molar refractivity (Wildman–Crippen MR) is 111 cm³/mol. The second-order valence-electron chi connectivity index (χ2n) is 5.95. The van der Waals surface area contributed by atoms with Gasteiger partial charge in [0.2, 0.25) is 21.8 Å². The van der Waals surface area contributed by atoms with Gasteiger partial charge in [0, 0.05) is 17.8 Å². The van der Waals surface area contributed by atoms with E-state index in [1.165, 1.54) is 42.5 Å². The molecule has 156 valence electrons. The lowest BCUT2D eigenvalue weighted by molar-refractivity contribution is -0.116. The summed E-state index contributed by atoms with van der Waals surface area (Å²) in [6, 6.07) is 10.1. The molecule has 29 heavy (non-hydrogen) atoms. The first-order chi connectivity index (χ1) is 13.7. The maximum Gasteiger partial charge on any atom is 0.248 e. The SMILES string of the molecule is CCOc1ccc(S(=O)(=O)N(CC)CC(=O)Nc2ccc(C(N)=O)cc2)cc1Cl. The third kappa shape index (κ3) is 5.69. The van der Waals surface area contributed by atoms with E-state index < -0.39 is 21.8 Å². The van der Waals surface area contributed by atoms with Gasteiger partial charge in [0.15, 0.2) is 0 Å². The van der Waals surface area contributed by atoms with Crippen LogP contribution in [0.5, 0.6) is 5.75 Å². The van der Waals surface area contributed by atoms with Crippen molar-refractivity contribution in [1.29, 1.82) is 0 Å². The molecule has 2 aromatic carbocycles. The van der Waals surface area contributed by atoms with Crippen molar-refractivity contribution in [2.75, 3.05) is 25.0 Å². The zero-order chi connectivity index (χ0) is 21.6. The lowest BCUT2D eigenvalue weighted by Crippen LogP contribution is -2.37. The van der Waals surface area contributed by atoms with Crippen LogP contribution in [0.1, 0.15) is 24.2 Å². The molecule has 10 heteroatoms. The average Bonchev–Trinajstić information content (AvgIpc) is 2.68. The van der Waals surface area contributed by atoms with E-state index in [1.54, 1.807) is 13.8 Å². The first-order valence-corrected chi connectivity index (χ1v) is 10.6. The minimum Gasteiger partial charge on any atom is -0.492 e. The van der Waals surface area contributed by atoms with E-state index in [0.717, 1.165) is 4.31 Å². The highest BCUT2D eigenvalue weighted by Gasteiger charge is 2.26. The maximum absolute atomic E-state index is 12.9. The Morgan fingerprint density at radius 2 is 1.79 bits per heavy atom. The summed E-state index contributed by atoms with van der Waals surface area (Å²) < 4.78 is 32.1. The number of sulfonamides is 1. The molecule has 0 aliphatic rings. The molecule has 0 radical (unpaired) electrons. The number of carbonyl (C=O) groups is 2. The van der Waals surface area contributed by atoms with Gasteiger partial charge in [0.1, 0.15) is 5.75 Å². The van der Waals surface area contributed by atoms with Crippen LogP contribution in [0.15, 0.2) is 47.4 Å². The van der Waals surface area contributed by atoms with E-state index in [0.29, 0.717) is 23.6 Å². The van der Waals surface area contributed by atoms with Crippen LogP contribution < -0.4 is 15.8 Å². The Bertz CT molecular complexity index is 993. The molecule has 2 rings (SSSR count). The van der Waals surface area contributed by atoms with Crippen LogP contribution in [0.4, 0.5) is 5.69 Å². The lowest BCUT2D eigenvalue weighted by Gasteiger charge is -2.20. The number of rotatable bonds is 9. The molecule has 0 unspecified atom stereocenters. The molecule has 2 amide bonds. The number of hydrogen-bond acceptors (Lipinski definition) is 5. The Kier molecular flexibility index (Phi) is 7.60. The molecule has 0 saturated carbocycles. The normalized spacial score (nSPS) is 11.3. The largest absolute Gasteiger partial charge is 0.492 e. The van der Waals surface area contributed by atoms with Crippen molar-refractivity contribution in [3.05, 3.63) is 53.1 Å². The van der Waals surface area contributed by atoms with Crippen molar-refractivity contribution in [3.8, 4) is 5.75 Å². The minimum absolute atomic E-state index is 0.0357. The second kappa shape index (κ2) is 9.73. The summed E-state index contributed by atoms with van der Waals surface area (Å²) in [7, 11) is -3.94. The molecule has 0 fully saturated rings. The zero-order valence-electron chi connectivity index (χ0n) is 16.0. The van der Waals surface area contributed by atoms with E-state index in [-0.39, 0.29) is 23.0 Å². The number of carbonyl (C=O) groups excluding carboxylic acids is 2. The van der Waals surface area contributed by atoms with Gasteiger partial charge in [0.05, 0.1) is 23.1 Å². The zero-order valence-corrected chi connectivity index (χ0v) is 17.6. The van der Waals surface area contributed by atoms with Gasteiger partial charge in [-0.1, -0.05) is 18.5 Å². The molecular weight excluding hydrogens is 418 g/mol. The van der Waals surface area contributed by atoms with E-state index in [4.69, 9.17) is 22.1 Å². The number of likely N-dealkylation sites (N-methyl/N-ethyl adjacent to an activating group) is 1. The van der Waals surface area contributed by atoms with Gasteiger partial charge >= 0.3 is 0 Å². The van der Waals surface area contributed by atoms with Crippen molar-refractivity contribution < 1.29 is 22.7 Å². The van der Waals surface area contributed by atoms with E-state index >= 15 is 0 Å². The second-order valence-corrected chi connectivity index (χ2v) is 8.29. The summed E-state index contributed by atoms with van der Waals surface area (Å²) in [6.07, 6.45) is 0. The summed E-state index contributed by atoms with van der Waals surface area (Å²) in [5.74, 6) is -0.729. The first-order valence-electron chi connectivity index (χ1n) is 8.81. The smallest absolute Gasteiger partial charge is 0.248 e. The van der Waals surface area contributed by atoms with E-state index in [2.05, 4.69) is 5.32 Å². The number of halogens is 1. The molecule has 0 aliphatic heterocycles. The molecule has 0 saturated heterocycles. The van der Waals surface area contributed by atoms with Crippen molar-refractivity contribution in [1.82, 2.24) is 4.31 Å². The van der Waals surface area contributed by atoms with Crippen LogP contribution >= 0.6 is 11.6 Å². The molecule has 0 atom stereocenters. The Labute approximate surface area is 174 Å². The van der Waals surface area contributed by atoms with E-state index in [9.17, 15) is 18.0 Å². The van der Waals surface area contributed by atoms with Crippen molar-refractivity contribution in [3.63, 3.8) is 0 Å². The first kappa shape index (κ1) is 22.7. The number of amides is 2. The number of ether oxygens (including phenoxy) is 1. The third-order valence-corrected chi connectivity index (χ3v) is 6.18. The van der Waals surface area contributed by atoms with Gasteiger partial charge in [-0.2, -0.15) is 4.31 Å². The Morgan fingerprint density at radius 1 is 1.14 bits per heavy atom. The number of primary amides is 1. The highest BCUT2D eigenvalue weighted by molar-refractivity contribution is 7.89. The number of anilines is 1. The molecule has 0 heterocycles. The monoisotopic (exact) mass is 439 g/mol. The fourth-order valence-electron chi connectivity index (χ4n) is 2.51. The Morgan fingerprint density at radius 3 is 2.31 bits per heavy atom. The van der Waals surface area contributed by atoms with Crippen molar-refractivity contribution in [2.45, 2.75) is 18.7 Å². The van der Waals surface area contributed by atoms with Crippen LogP contribution in [0.2, 0.25) is 5.02 Å². The van der Waals surface area contributed by atoms with Crippen LogP contribution in [-0.4, -0.2) is 44.2 Å². The number of nitrogens with two attached hydrogens (primary N) is 1. The topological polar surface area (TPSA) is 119 Å². The predicted octanol–water partition coefficient (Wildman–Crippen LogP) is 2.49. The molecular formula is C19H22ClN3O5S. The molecule has 0 spiro atoms. The Balaban J connectivity index is 2.14. The van der Waals surface area contributed by atoms with Gasteiger partial charge in [-0.05, 0) is 49.4 Å². The van der Waals surface area contributed by atoms with Crippen LogP contribution in [0.25, 0.3) is 0 Å². The molecule has 0 bridgehead atoms. The molecule has 0 aliphatic carbocycles. The lowest BCUT2D eigenvalue weighted by atomic mass is 10.2. The summed E-state index contributed by atoms with van der Waals surface area (Å²) in [6.45, 7) is 3.51. The summed E-state index contributed by atoms with van der Waals surface area (Å²) in [4.78, 5) is 23.4. The molecule has 2 aromatic rings. The summed E-state index contributed by atoms with van der Waals surface area (Å²) in [5.41, 5.74) is 5.89. The number of nitrogens with zero attached hydrogens (tertiary/aromatic N) is 1. The van der Waals surface area contributed by atoms with Gasteiger partial charge in [0.25, 0.3) is 0 Å². The number of nitrogens with one attached hydrogen (secondary N) is 1.